The molecule has 1 saturated carbocycles. The molecule has 0 radical (unpaired) electrons. The van der Waals surface area contributed by atoms with Crippen LogP contribution in [-0.2, 0) is 18.9 Å². The van der Waals surface area contributed by atoms with Crippen molar-refractivity contribution in [2.24, 2.45) is 17.8 Å². The summed E-state index contributed by atoms with van der Waals surface area (Å²) in [6.07, 6.45) is 3.73. The van der Waals surface area contributed by atoms with Crippen molar-refractivity contribution in [2.75, 3.05) is 7.11 Å². The summed E-state index contributed by atoms with van der Waals surface area (Å²) in [7, 11) is 1.67. The minimum absolute atomic E-state index is 0.287. The van der Waals surface area contributed by atoms with Gasteiger partial charge in [-0.25, -0.2) is 0 Å². The molecule has 1 spiro atoms. The third kappa shape index (κ3) is 1.46. The third-order valence-corrected chi connectivity index (χ3v) is 5.96. The molecule has 0 N–H and O–H groups in total. The number of hydrogen-bond donors (Lipinski definition) is 0. The maximum Gasteiger partial charge on any atom is 0.194 e. The van der Waals surface area contributed by atoms with Crippen LogP contribution in [0, 0.1) is 17.8 Å². The Bertz CT molecular complexity index is 450. The van der Waals surface area contributed by atoms with Gasteiger partial charge in [0.2, 0.25) is 0 Å². The molecule has 3 saturated heterocycles. The molecule has 112 valence electrons. The van der Waals surface area contributed by atoms with E-state index < -0.39 is 5.79 Å². The van der Waals surface area contributed by atoms with Gasteiger partial charge in [-0.1, -0.05) is 13.5 Å². The molecule has 4 heteroatoms. The lowest BCUT2D eigenvalue weighted by Crippen LogP contribution is -2.64. The fourth-order valence-corrected chi connectivity index (χ4v) is 5.03. The molecular weight excluding hydrogens is 256 g/mol. The molecule has 0 unspecified atom stereocenters. The van der Waals surface area contributed by atoms with Gasteiger partial charge in [-0.2, -0.15) is 0 Å². The van der Waals surface area contributed by atoms with Crippen LogP contribution in [0.25, 0.3) is 0 Å². The molecule has 2 bridgehead atoms. The van der Waals surface area contributed by atoms with Gasteiger partial charge in [0.1, 0.15) is 5.60 Å². The van der Waals surface area contributed by atoms with E-state index in [2.05, 4.69) is 13.5 Å². The second-order valence-corrected chi connectivity index (χ2v) is 7.07. The van der Waals surface area contributed by atoms with Crippen molar-refractivity contribution >= 4 is 0 Å². The normalized spacial score (nSPS) is 57.5. The Labute approximate surface area is 120 Å². The van der Waals surface area contributed by atoms with Gasteiger partial charge in [-0.05, 0) is 43.6 Å². The molecular formula is C16H24O4. The van der Waals surface area contributed by atoms with E-state index in [4.69, 9.17) is 18.9 Å². The molecule has 0 aromatic rings. The summed E-state index contributed by atoms with van der Waals surface area (Å²) < 4.78 is 24.2. The monoisotopic (exact) mass is 280 g/mol. The van der Waals surface area contributed by atoms with E-state index in [-0.39, 0.29) is 24.1 Å². The Morgan fingerprint density at radius 1 is 1.30 bits per heavy atom. The standard InChI is InChI=1S/C16H24O4/c1-9-5-6-12-10(2)13(17-4)18-14-16(12)11(9)7-8-15(3,19-14)20-16/h9,11-14H,2,5-8H2,1,3-4H3/t9-,11+,12+,13+,14-,15+,16-/m1/s1. The average molecular weight is 280 g/mol. The lowest BCUT2D eigenvalue weighted by atomic mass is 9.58. The number of methoxy groups -OCH3 is 1. The quantitative estimate of drug-likeness (QED) is 0.692. The number of hydrogen-bond acceptors (Lipinski definition) is 4. The molecule has 4 fully saturated rings. The average Bonchev–Trinajstić information content (AvgIpc) is 2.63. The van der Waals surface area contributed by atoms with E-state index in [1.54, 1.807) is 7.11 Å². The van der Waals surface area contributed by atoms with Gasteiger partial charge in [0.25, 0.3) is 0 Å². The van der Waals surface area contributed by atoms with E-state index in [1.165, 1.54) is 6.42 Å². The Morgan fingerprint density at radius 3 is 2.85 bits per heavy atom. The molecule has 0 aromatic heterocycles. The number of rotatable bonds is 1. The lowest BCUT2D eigenvalue weighted by Gasteiger charge is -2.56. The van der Waals surface area contributed by atoms with E-state index in [0.717, 1.165) is 24.8 Å². The van der Waals surface area contributed by atoms with Gasteiger partial charge in [-0.3, -0.25) is 0 Å². The van der Waals surface area contributed by atoms with Crippen molar-refractivity contribution in [3.8, 4) is 0 Å². The summed E-state index contributed by atoms with van der Waals surface area (Å²) in [6.45, 7) is 8.63. The molecule has 20 heavy (non-hydrogen) atoms. The van der Waals surface area contributed by atoms with E-state index in [0.29, 0.717) is 11.8 Å². The molecule has 0 amide bonds. The SMILES string of the molecule is C=C1[C@@H](OC)O[C@@H]2O[C@]3(C)CC[C@H]4[C@H](C)CC[C@@H]1[C@@]24O3. The number of ether oxygens (including phenoxy) is 4. The van der Waals surface area contributed by atoms with Crippen molar-refractivity contribution in [1.29, 1.82) is 0 Å². The number of fused-ring (bicyclic) bond motifs is 1. The Kier molecular flexibility index (Phi) is 2.70. The highest BCUT2D eigenvalue weighted by Gasteiger charge is 2.70. The minimum Gasteiger partial charge on any atom is -0.352 e. The van der Waals surface area contributed by atoms with Gasteiger partial charge in [0.05, 0.1) is 0 Å². The van der Waals surface area contributed by atoms with Crippen LogP contribution in [0.3, 0.4) is 0 Å². The predicted octanol–water partition coefficient (Wildman–Crippen LogP) is 2.83. The van der Waals surface area contributed by atoms with Crippen LogP contribution in [0.2, 0.25) is 0 Å². The van der Waals surface area contributed by atoms with Gasteiger partial charge >= 0.3 is 0 Å². The van der Waals surface area contributed by atoms with Crippen LogP contribution in [0.5, 0.6) is 0 Å². The first-order valence-electron chi connectivity index (χ1n) is 7.75. The topological polar surface area (TPSA) is 36.9 Å². The van der Waals surface area contributed by atoms with Gasteiger partial charge in [0.15, 0.2) is 18.4 Å². The third-order valence-electron chi connectivity index (χ3n) is 5.96. The first-order chi connectivity index (χ1) is 9.50. The molecule has 7 atom stereocenters. The molecule has 4 rings (SSSR count). The molecule has 3 aliphatic heterocycles. The summed E-state index contributed by atoms with van der Waals surface area (Å²) in [4.78, 5) is 0. The van der Waals surface area contributed by atoms with Crippen molar-refractivity contribution in [3.63, 3.8) is 0 Å². The van der Waals surface area contributed by atoms with Crippen LogP contribution in [0.15, 0.2) is 12.2 Å². The summed E-state index contributed by atoms with van der Waals surface area (Å²) >= 11 is 0. The first-order valence-corrected chi connectivity index (χ1v) is 7.75. The molecule has 4 aliphatic rings. The van der Waals surface area contributed by atoms with E-state index in [9.17, 15) is 0 Å². The van der Waals surface area contributed by atoms with Crippen molar-refractivity contribution in [2.45, 2.75) is 63.5 Å². The highest BCUT2D eigenvalue weighted by molar-refractivity contribution is 5.23. The maximum absolute atomic E-state index is 6.51. The first kappa shape index (κ1) is 13.3. The predicted molar refractivity (Wildman–Crippen MR) is 72.7 cm³/mol. The zero-order valence-electron chi connectivity index (χ0n) is 12.6. The van der Waals surface area contributed by atoms with Gasteiger partial charge in [-0.15, -0.1) is 0 Å². The fraction of sp³-hybridized carbons (Fsp3) is 0.875. The fourth-order valence-electron chi connectivity index (χ4n) is 5.03. The minimum atomic E-state index is -0.501. The second kappa shape index (κ2) is 4.07. The Morgan fingerprint density at radius 2 is 2.10 bits per heavy atom. The van der Waals surface area contributed by atoms with Crippen LogP contribution in [0.1, 0.15) is 39.5 Å². The lowest BCUT2D eigenvalue weighted by molar-refractivity contribution is -0.285. The molecule has 4 nitrogen and oxygen atoms in total. The van der Waals surface area contributed by atoms with Crippen LogP contribution < -0.4 is 0 Å². The molecule has 3 heterocycles. The molecule has 1 aliphatic carbocycles. The smallest absolute Gasteiger partial charge is 0.194 e. The van der Waals surface area contributed by atoms with E-state index in [1.807, 2.05) is 6.92 Å². The zero-order chi connectivity index (χ0) is 14.1. The van der Waals surface area contributed by atoms with Crippen LogP contribution >= 0.6 is 0 Å². The van der Waals surface area contributed by atoms with Crippen LogP contribution in [0.4, 0.5) is 0 Å². The second-order valence-electron chi connectivity index (χ2n) is 7.07. The highest BCUT2D eigenvalue weighted by Crippen LogP contribution is 2.63. The zero-order valence-corrected chi connectivity index (χ0v) is 12.6. The summed E-state index contributed by atoms with van der Waals surface area (Å²) in [5.74, 6) is 0.931. The van der Waals surface area contributed by atoms with Gasteiger partial charge < -0.3 is 18.9 Å². The van der Waals surface area contributed by atoms with Crippen molar-refractivity contribution in [3.05, 3.63) is 12.2 Å². The maximum atomic E-state index is 6.51. The van der Waals surface area contributed by atoms with Crippen molar-refractivity contribution < 1.29 is 18.9 Å². The van der Waals surface area contributed by atoms with Crippen LogP contribution in [-0.4, -0.2) is 31.1 Å². The van der Waals surface area contributed by atoms with E-state index >= 15 is 0 Å². The van der Waals surface area contributed by atoms with Crippen molar-refractivity contribution in [1.82, 2.24) is 0 Å². The largest absolute Gasteiger partial charge is 0.352 e. The Balaban J connectivity index is 1.81. The summed E-state index contributed by atoms with van der Waals surface area (Å²) in [5, 5.41) is 0. The Hall–Kier alpha value is -0.420. The molecule has 0 aromatic carbocycles. The van der Waals surface area contributed by atoms with Gasteiger partial charge in [0, 0.05) is 19.4 Å². The summed E-state index contributed by atoms with van der Waals surface area (Å²) in [5.41, 5.74) is 0.687. The summed E-state index contributed by atoms with van der Waals surface area (Å²) in [6, 6.07) is 0. The highest BCUT2D eigenvalue weighted by atomic mass is 16.9.